The Kier molecular flexibility index (Phi) is 4.40. The first-order valence-corrected chi connectivity index (χ1v) is 6.55. The van der Waals surface area contributed by atoms with Crippen LogP contribution in [-0.2, 0) is 0 Å². The van der Waals surface area contributed by atoms with Crippen LogP contribution in [-0.4, -0.2) is 15.3 Å². The Morgan fingerprint density at radius 2 is 2.21 bits per heavy atom. The maximum atomic E-state index is 12.4. The second-order valence-electron chi connectivity index (χ2n) is 3.97. The number of rotatable bonds is 4. The largest absolute Gasteiger partial charge is 0.313 e. The minimum absolute atomic E-state index is 0.0992. The van der Waals surface area contributed by atoms with Gasteiger partial charge in [-0.25, -0.2) is 4.98 Å². The second-order valence-corrected chi connectivity index (χ2v) is 4.81. The van der Waals surface area contributed by atoms with Gasteiger partial charge < -0.3 is 4.57 Å². The molecular formula is C14H12Cl2N2O. The zero-order valence-electron chi connectivity index (χ0n) is 10.3. The quantitative estimate of drug-likeness (QED) is 0.622. The summed E-state index contributed by atoms with van der Waals surface area (Å²) >= 11 is 11.9. The van der Waals surface area contributed by atoms with Gasteiger partial charge in [0.1, 0.15) is 0 Å². The molecule has 0 amide bonds. The van der Waals surface area contributed by atoms with Gasteiger partial charge in [-0.2, -0.15) is 0 Å². The molecule has 0 saturated heterocycles. The number of hydrogen-bond acceptors (Lipinski definition) is 2. The maximum Gasteiger partial charge on any atom is 0.191 e. The lowest BCUT2D eigenvalue weighted by molar-refractivity contribution is 0.103. The highest BCUT2D eigenvalue weighted by molar-refractivity contribution is 6.37. The fourth-order valence-electron chi connectivity index (χ4n) is 1.68. The minimum atomic E-state index is -0.0992. The molecule has 1 aromatic carbocycles. The van der Waals surface area contributed by atoms with Crippen molar-refractivity contribution in [2.75, 3.05) is 0 Å². The lowest BCUT2D eigenvalue weighted by atomic mass is 10.0. The van der Waals surface area contributed by atoms with Crippen LogP contribution in [0.3, 0.4) is 0 Å². The SMILES string of the molecule is CC/C(=C\n1ccnc1)C(=O)c1ccc(Cl)cc1Cl. The Balaban J connectivity index is 2.36. The van der Waals surface area contributed by atoms with Gasteiger partial charge in [-0.1, -0.05) is 30.1 Å². The average molecular weight is 295 g/mol. The first kappa shape index (κ1) is 13.8. The summed E-state index contributed by atoms with van der Waals surface area (Å²) in [6.45, 7) is 1.92. The number of aromatic nitrogens is 2. The monoisotopic (exact) mass is 294 g/mol. The summed E-state index contributed by atoms with van der Waals surface area (Å²) in [5.41, 5.74) is 1.11. The Morgan fingerprint density at radius 3 is 2.79 bits per heavy atom. The van der Waals surface area contributed by atoms with Crippen LogP contribution in [0.2, 0.25) is 10.0 Å². The molecule has 1 heterocycles. The Bertz CT molecular complexity index is 618. The molecule has 1 aromatic heterocycles. The van der Waals surface area contributed by atoms with Gasteiger partial charge >= 0.3 is 0 Å². The molecule has 0 N–H and O–H groups in total. The number of halogens is 2. The van der Waals surface area contributed by atoms with E-state index in [-0.39, 0.29) is 5.78 Å². The van der Waals surface area contributed by atoms with Gasteiger partial charge in [-0.05, 0) is 24.6 Å². The predicted octanol–water partition coefficient (Wildman–Crippen LogP) is 4.32. The third kappa shape index (κ3) is 3.25. The first-order valence-electron chi connectivity index (χ1n) is 5.79. The highest BCUT2D eigenvalue weighted by Gasteiger charge is 2.14. The number of Topliss-reactive ketones (excluding diaryl/α,β-unsaturated/α-hetero) is 1. The van der Waals surface area contributed by atoms with E-state index in [1.165, 1.54) is 0 Å². The zero-order chi connectivity index (χ0) is 13.8. The molecule has 0 atom stereocenters. The van der Waals surface area contributed by atoms with E-state index in [0.29, 0.717) is 27.6 Å². The van der Waals surface area contributed by atoms with Crippen molar-refractivity contribution in [3.8, 4) is 0 Å². The van der Waals surface area contributed by atoms with Crippen LogP contribution < -0.4 is 0 Å². The predicted molar refractivity (Wildman–Crippen MR) is 77.6 cm³/mol. The summed E-state index contributed by atoms with van der Waals surface area (Å²) in [6, 6.07) is 4.87. The molecule has 0 spiro atoms. The second kappa shape index (κ2) is 6.04. The maximum absolute atomic E-state index is 12.4. The summed E-state index contributed by atoms with van der Waals surface area (Å²) in [5.74, 6) is -0.0992. The summed E-state index contributed by atoms with van der Waals surface area (Å²) in [5, 5.41) is 0.876. The fraction of sp³-hybridized carbons (Fsp3) is 0.143. The number of nitrogens with zero attached hydrogens (tertiary/aromatic N) is 2. The minimum Gasteiger partial charge on any atom is -0.313 e. The number of imidazole rings is 1. The van der Waals surface area contributed by atoms with Gasteiger partial charge in [0.05, 0.1) is 11.3 Å². The number of benzene rings is 1. The van der Waals surface area contributed by atoms with Crippen LogP contribution in [0.1, 0.15) is 23.7 Å². The molecular weight excluding hydrogens is 283 g/mol. The standard InChI is InChI=1S/C14H12Cl2N2O/c1-2-10(8-18-6-5-17-9-18)14(19)12-4-3-11(15)7-13(12)16/h3-9H,2H2,1H3/b10-8+. The number of carbonyl (C=O) groups is 1. The molecule has 0 bridgehead atoms. The fourth-order valence-corrected chi connectivity index (χ4v) is 2.18. The Morgan fingerprint density at radius 1 is 1.42 bits per heavy atom. The summed E-state index contributed by atoms with van der Waals surface area (Å²) in [7, 11) is 0. The van der Waals surface area contributed by atoms with Gasteiger partial charge in [0.15, 0.2) is 5.78 Å². The number of hydrogen-bond donors (Lipinski definition) is 0. The van der Waals surface area contributed by atoms with Crippen molar-refractivity contribution >= 4 is 35.2 Å². The van der Waals surface area contributed by atoms with Crippen LogP contribution in [0.15, 0.2) is 42.5 Å². The molecule has 0 saturated carbocycles. The van der Waals surface area contributed by atoms with E-state index >= 15 is 0 Å². The number of ketones is 1. The summed E-state index contributed by atoms with van der Waals surface area (Å²) in [6.07, 6.45) is 7.42. The summed E-state index contributed by atoms with van der Waals surface area (Å²) < 4.78 is 1.74. The first-order chi connectivity index (χ1) is 9.11. The third-order valence-electron chi connectivity index (χ3n) is 2.68. The van der Waals surface area contributed by atoms with E-state index in [4.69, 9.17) is 23.2 Å². The van der Waals surface area contributed by atoms with Crippen molar-refractivity contribution < 1.29 is 4.79 Å². The molecule has 2 rings (SSSR count). The molecule has 0 aliphatic carbocycles. The van der Waals surface area contributed by atoms with E-state index in [2.05, 4.69) is 4.98 Å². The number of carbonyl (C=O) groups excluding carboxylic acids is 1. The summed E-state index contributed by atoms with van der Waals surface area (Å²) in [4.78, 5) is 16.3. The van der Waals surface area contributed by atoms with Crippen LogP contribution in [0.4, 0.5) is 0 Å². The van der Waals surface area contributed by atoms with E-state index in [0.717, 1.165) is 0 Å². The van der Waals surface area contributed by atoms with E-state index in [9.17, 15) is 4.79 Å². The molecule has 3 nitrogen and oxygen atoms in total. The van der Waals surface area contributed by atoms with Crippen molar-refractivity contribution in [1.82, 2.24) is 9.55 Å². The average Bonchev–Trinajstić information content (AvgIpc) is 2.88. The van der Waals surface area contributed by atoms with Crippen molar-refractivity contribution in [3.63, 3.8) is 0 Å². The van der Waals surface area contributed by atoms with Crippen LogP contribution in [0.25, 0.3) is 6.20 Å². The Hall–Kier alpha value is -1.58. The lowest BCUT2D eigenvalue weighted by Crippen LogP contribution is -2.04. The molecule has 0 radical (unpaired) electrons. The van der Waals surface area contributed by atoms with Crippen molar-refractivity contribution in [2.45, 2.75) is 13.3 Å². The van der Waals surface area contributed by atoms with Gasteiger partial charge in [-0.15, -0.1) is 0 Å². The molecule has 2 aromatic rings. The van der Waals surface area contributed by atoms with Gasteiger partial charge in [0, 0.05) is 34.8 Å². The molecule has 98 valence electrons. The molecule has 5 heteroatoms. The van der Waals surface area contributed by atoms with E-state index in [1.54, 1.807) is 47.7 Å². The lowest BCUT2D eigenvalue weighted by Gasteiger charge is -2.07. The molecule has 0 aliphatic rings. The van der Waals surface area contributed by atoms with Crippen molar-refractivity contribution in [3.05, 3.63) is 58.1 Å². The Labute approximate surface area is 121 Å². The van der Waals surface area contributed by atoms with Crippen LogP contribution >= 0.6 is 23.2 Å². The van der Waals surface area contributed by atoms with Gasteiger partial charge in [0.25, 0.3) is 0 Å². The highest BCUT2D eigenvalue weighted by Crippen LogP contribution is 2.24. The van der Waals surface area contributed by atoms with Crippen LogP contribution in [0.5, 0.6) is 0 Å². The molecule has 0 unspecified atom stereocenters. The normalized spacial score (nSPS) is 11.6. The number of allylic oxidation sites excluding steroid dienone is 1. The zero-order valence-corrected chi connectivity index (χ0v) is 11.8. The molecule has 0 fully saturated rings. The van der Waals surface area contributed by atoms with Crippen molar-refractivity contribution in [1.29, 1.82) is 0 Å². The van der Waals surface area contributed by atoms with Crippen LogP contribution in [0, 0.1) is 0 Å². The van der Waals surface area contributed by atoms with E-state index in [1.807, 2.05) is 6.92 Å². The van der Waals surface area contributed by atoms with Gasteiger partial charge in [0.2, 0.25) is 0 Å². The smallest absolute Gasteiger partial charge is 0.191 e. The third-order valence-corrected chi connectivity index (χ3v) is 3.23. The highest BCUT2D eigenvalue weighted by atomic mass is 35.5. The van der Waals surface area contributed by atoms with Crippen molar-refractivity contribution in [2.24, 2.45) is 0 Å². The van der Waals surface area contributed by atoms with E-state index < -0.39 is 0 Å². The molecule has 0 aliphatic heterocycles. The van der Waals surface area contributed by atoms with Gasteiger partial charge in [-0.3, -0.25) is 4.79 Å². The topological polar surface area (TPSA) is 34.9 Å². The molecule has 19 heavy (non-hydrogen) atoms.